The fraction of sp³-hybridized carbons (Fsp3) is 0.607. The van der Waals surface area contributed by atoms with Gasteiger partial charge in [-0.05, 0) is 66.5 Å². The monoisotopic (exact) mass is 709 g/mol. The Kier molecular flexibility index (Phi) is 11.1. The lowest BCUT2D eigenvalue weighted by Gasteiger charge is -2.17. The molecule has 0 spiro atoms. The lowest BCUT2D eigenvalue weighted by atomic mass is 10.0. The van der Waals surface area contributed by atoms with Crippen LogP contribution in [0.15, 0.2) is 18.2 Å². The van der Waals surface area contributed by atoms with Gasteiger partial charge in [0, 0.05) is 42.2 Å². The summed E-state index contributed by atoms with van der Waals surface area (Å²) in [6, 6.07) is 5.94. The van der Waals surface area contributed by atoms with Gasteiger partial charge in [0.1, 0.15) is 5.75 Å². The predicted molar refractivity (Wildman–Crippen MR) is 175 cm³/mol. The molecule has 2 aromatic rings. The first kappa shape index (κ1) is 30.7. The number of phenols is 1. The number of hydrogen-bond donors (Lipinski definition) is 7. The standard InChI is InChI=1S/C28H40IN9O3S/c29-19-15-18(11-12-21(19)39)33-27-37-25(36-26(38-27)32-17-7-3-1-2-4-8-17)31-14-13-30-23(40)10-6-5-9-22-24-20(16-42-22)34-28(41)35-24/h11-12,15,17,20,22,24,39H,1-10,13-14,16H2,(H,30,40)(H2,34,35,41)(H3,31,32,33,36,37,38). The molecule has 1 aliphatic carbocycles. The summed E-state index contributed by atoms with van der Waals surface area (Å²) >= 11 is 3.98. The number of thioether (sulfide) groups is 1. The van der Waals surface area contributed by atoms with Crippen LogP contribution in [0, 0.1) is 3.57 Å². The van der Waals surface area contributed by atoms with Gasteiger partial charge in [0.05, 0.1) is 15.7 Å². The van der Waals surface area contributed by atoms with Crippen LogP contribution in [0.3, 0.4) is 0 Å². The Balaban J connectivity index is 1.08. The lowest BCUT2D eigenvalue weighted by Crippen LogP contribution is -2.36. The lowest BCUT2D eigenvalue weighted by molar-refractivity contribution is -0.121. The summed E-state index contributed by atoms with van der Waals surface area (Å²) in [4.78, 5) is 37.7. The van der Waals surface area contributed by atoms with Crippen molar-refractivity contribution in [2.24, 2.45) is 0 Å². The first-order valence-corrected chi connectivity index (χ1v) is 17.0. The molecule has 0 radical (unpaired) electrons. The molecule has 5 rings (SSSR count). The van der Waals surface area contributed by atoms with Crippen molar-refractivity contribution in [3.63, 3.8) is 0 Å². The molecule has 14 heteroatoms. The van der Waals surface area contributed by atoms with Gasteiger partial charge in [0.15, 0.2) is 0 Å². The maximum absolute atomic E-state index is 12.4. The summed E-state index contributed by atoms with van der Waals surface area (Å²) in [5.74, 6) is 2.54. The number of aromatic nitrogens is 3. The van der Waals surface area contributed by atoms with Crippen LogP contribution in [0.25, 0.3) is 0 Å². The van der Waals surface area contributed by atoms with E-state index in [-0.39, 0.29) is 29.8 Å². The molecule has 2 saturated heterocycles. The van der Waals surface area contributed by atoms with Crippen molar-refractivity contribution in [2.75, 3.05) is 34.8 Å². The molecule has 228 valence electrons. The zero-order chi connectivity index (χ0) is 29.3. The van der Waals surface area contributed by atoms with Crippen molar-refractivity contribution in [1.29, 1.82) is 0 Å². The molecule has 3 heterocycles. The molecule has 12 nitrogen and oxygen atoms in total. The van der Waals surface area contributed by atoms with Gasteiger partial charge in [-0.25, -0.2) is 4.79 Å². The SMILES string of the molecule is O=C(CCCCC1SCC2NC(=O)NC21)NCCNc1nc(Nc2ccc(O)c(I)c2)nc(NC2CCCCCC2)n1. The Hall–Kier alpha value is -2.75. The second-order valence-corrected chi connectivity index (χ2v) is 13.5. The van der Waals surface area contributed by atoms with E-state index in [4.69, 9.17) is 0 Å². The fourth-order valence-electron chi connectivity index (χ4n) is 5.63. The molecular formula is C28H40IN9O3S. The van der Waals surface area contributed by atoms with E-state index < -0.39 is 0 Å². The average molecular weight is 710 g/mol. The number of amides is 3. The van der Waals surface area contributed by atoms with Gasteiger partial charge < -0.3 is 37.0 Å². The van der Waals surface area contributed by atoms with E-state index in [2.05, 4.69) is 69.4 Å². The molecule has 3 atom stereocenters. The molecular weight excluding hydrogens is 669 g/mol. The number of rotatable bonds is 13. The topological polar surface area (TPSA) is 165 Å². The number of fused-ring (bicyclic) bond motifs is 1. The predicted octanol–water partition coefficient (Wildman–Crippen LogP) is 4.31. The minimum Gasteiger partial charge on any atom is -0.507 e. The largest absolute Gasteiger partial charge is 0.507 e. The quantitative estimate of drug-likeness (QED) is 0.0524. The smallest absolute Gasteiger partial charge is 0.315 e. The molecule has 2 aliphatic heterocycles. The van der Waals surface area contributed by atoms with Crippen LogP contribution in [0.2, 0.25) is 0 Å². The Morgan fingerprint density at radius 1 is 1.02 bits per heavy atom. The normalized spacial score (nSPS) is 22.0. The van der Waals surface area contributed by atoms with E-state index in [9.17, 15) is 14.7 Å². The maximum atomic E-state index is 12.4. The number of aromatic hydroxyl groups is 1. The van der Waals surface area contributed by atoms with Gasteiger partial charge in [0.2, 0.25) is 23.8 Å². The molecule has 1 aromatic carbocycles. The number of carbonyl (C=O) groups is 2. The van der Waals surface area contributed by atoms with E-state index >= 15 is 0 Å². The fourth-order valence-corrected chi connectivity index (χ4v) is 7.69. The molecule has 1 aromatic heterocycles. The van der Waals surface area contributed by atoms with Gasteiger partial charge in [-0.3, -0.25) is 4.79 Å². The zero-order valence-corrected chi connectivity index (χ0v) is 26.6. The highest BCUT2D eigenvalue weighted by atomic mass is 127. The van der Waals surface area contributed by atoms with Crippen molar-refractivity contribution < 1.29 is 14.7 Å². The van der Waals surface area contributed by atoms with Crippen LogP contribution in [0.1, 0.15) is 64.2 Å². The van der Waals surface area contributed by atoms with Crippen LogP contribution < -0.4 is 31.9 Å². The first-order chi connectivity index (χ1) is 20.4. The van der Waals surface area contributed by atoms with Gasteiger partial charge >= 0.3 is 6.03 Å². The van der Waals surface area contributed by atoms with Crippen molar-refractivity contribution >= 4 is 69.8 Å². The highest BCUT2D eigenvalue weighted by Gasteiger charge is 2.42. The van der Waals surface area contributed by atoms with Crippen molar-refractivity contribution in [1.82, 2.24) is 30.9 Å². The summed E-state index contributed by atoms with van der Waals surface area (Å²) in [6.07, 6.45) is 10.4. The molecule has 3 fully saturated rings. The third kappa shape index (κ3) is 8.88. The van der Waals surface area contributed by atoms with Gasteiger partial charge in [-0.2, -0.15) is 26.7 Å². The highest BCUT2D eigenvalue weighted by molar-refractivity contribution is 14.1. The summed E-state index contributed by atoms with van der Waals surface area (Å²) in [5.41, 5.74) is 0.762. The molecule has 7 N–H and O–H groups in total. The summed E-state index contributed by atoms with van der Waals surface area (Å²) in [7, 11) is 0. The number of unbranched alkanes of at least 4 members (excludes halogenated alkanes) is 1. The van der Waals surface area contributed by atoms with E-state index in [1.807, 2.05) is 17.8 Å². The molecule has 1 saturated carbocycles. The van der Waals surface area contributed by atoms with Crippen molar-refractivity contribution in [2.45, 2.75) is 87.6 Å². The molecule has 3 amide bonds. The van der Waals surface area contributed by atoms with Gasteiger partial charge in [0.25, 0.3) is 0 Å². The number of halogens is 1. The number of hydrogen-bond acceptors (Lipinski definition) is 10. The molecule has 0 bridgehead atoms. The third-order valence-corrected chi connectivity index (χ3v) is 10.2. The van der Waals surface area contributed by atoms with E-state index in [1.165, 1.54) is 25.7 Å². The van der Waals surface area contributed by atoms with E-state index in [0.717, 1.165) is 47.1 Å². The second kappa shape index (κ2) is 15.1. The number of nitrogens with zero attached hydrogens (tertiary/aromatic N) is 3. The number of urea groups is 1. The summed E-state index contributed by atoms with van der Waals surface area (Å²) in [5, 5.41) is 29.2. The molecule has 42 heavy (non-hydrogen) atoms. The minimum atomic E-state index is -0.0628. The number of nitrogens with one attached hydrogen (secondary N) is 6. The van der Waals surface area contributed by atoms with Gasteiger partial charge in [-0.1, -0.05) is 32.1 Å². The Labute approximate surface area is 264 Å². The van der Waals surface area contributed by atoms with Crippen LogP contribution in [0.5, 0.6) is 5.75 Å². The number of phenolic OH excluding ortho intramolecular Hbond substituents is 1. The Bertz CT molecular complexity index is 1230. The minimum absolute atomic E-state index is 0.0280. The van der Waals surface area contributed by atoms with Crippen LogP contribution in [0.4, 0.5) is 28.3 Å². The summed E-state index contributed by atoms with van der Waals surface area (Å²) in [6.45, 7) is 0.929. The molecule has 3 aliphatic rings. The zero-order valence-electron chi connectivity index (χ0n) is 23.6. The number of anilines is 4. The Morgan fingerprint density at radius 2 is 1.81 bits per heavy atom. The second-order valence-electron chi connectivity index (χ2n) is 11.1. The number of carbonyl (C=O) groups excluding carboxylic acids is 2. The molecule has 3 unspecified atom stereocenters. The van der Waals surface area contributed by atoms with Crippen LogP contribution in [-0.2, 0) is 4.79 Å². The van der Waals surface area contributed by atoms with Crippen LogP contribution >= 0.6 is 34.4 Å². The van der Waals surface area contributed by atoms with Crippen molar-refractivity contribution in [3.8, 4) is 5.75 Å². The number of benzene rings is 1. The third-order valence-electron chi connectivity index (χ3n) is 7.84. The van der Waals surface area contributed by atoms with Crippen molar-refractivity contribution in [3.05, 3.63) is 21.8 Å². The Morgan fingerprint density at radius 3 is 2.62 bits per heavy atom. The first-order valence-electron chi connectivity index (χ1n) is 14.9. The highest BCUT2D eigenvalue weighted by Crippen LogP contribution is 2.33. The van der Waals surface area contributed by atoms with Gasteiger partial charge in [-0.15, -0.1) is 0 Å². The van der Waals surface area contributed by atoms with Crippen LogP contribution in [-0.4, -0.2) is 74.2 Å². The maximum Gasteiger partial charge on any atom is 0.315 e. The average Bonchev–Trinajstić information content (AvgIpc) is 3.40. The van der Waals surface area contributed by atoms with E-state index in [0.29, 0.717) is 48.6 Å². The summed E-state index contributed by atoms with van der Waals surface area (Å²) < 4.78 is 0.725. The van der Waals surface area contributed by atoms with E-state index in [1.54, 1.807) is 12.1 Å².